The van der Waals surface area contributed by atoms with Crippen LogP contribution >= 0.6 is 11.6 Å². The fourth-order valence-corrected chi connectivity index (χ4v) is 2.13. The first-order chi connectivity index (χ1) is 7.43. The normalized spacial score (nSPS) is 17.2. The summed E-state index contributed by atoms with van der Waals surface area (Å²) in [6, 6.07) is 7.72. The molecular formula is C13H21ClN2. The van der Waals surface area contributed by atoms with Gasteiger partial charge < -0.3 is 10.6 Å². The fraction of sp³-hybridized carbons (Fsp3) is 0.538. The topological polar surface area (TPSA) is 29.3 Å². The lowest BCUT2D eigenvalue weighted by molar-refractivity contribution is 0.132. The lowest BCUT2D eigenvalue weighted by atomic mass is 9.84. The van der Waals surface area contributed by atoms with E-state index in [1.54, 1.807) is 0 Å². The molecule has 2 atom stereocenters. The maximum Gasteiger partial charge on any atom is 0.0493 e. The second kappa shape index (κ2) is 5.17. The van der Waals surface area contributed by atoms with Crippen LogP contribution in [0.1, 0.15) is 31.9 Å². The highest BCUT2D eigenvalue weighted by Crippen LogP contribution is 2.33. The molecule has 90 valence electrons. The Morgan fingerprint density at radius 3 is 2.38 bits per heavy atom. The third-order valence-corrected chi connectivity index (χ3v) is 3.99. The van der Waals surface area contributed by atoms with Gasteiger partial charge in [0.2, 0.25) is 0 Å². The molecule has 1 aromatic rings. The number of hydrogen-bond donors (Lipinski definition) is 1. The van der Waals surface area contributed by atoms with Crippen LogP contribution in [0.3, 0.4) is 0 Å². The lowest BCUT2D eigenvalue weighted by Gasteiger charge is -2.41. The number of halogens is 1. The quantitative estimate of drug-likeness (QED) is 0.877. The van der Waals surface area contributed by atoms with E-state index in [9.17, 15) is 0 Å². The zero-order chi connectivity index (χ0) is 12.3. The van der Waals surface area contributed by atoms with Crippen molar-refractivity contribution in [3.05, 3.63) is 34.9 Å². The van der Waals surface area contributed by atoms with Gasteiger partial charge in [0.1, 0.15) is 0 Å². The van der Waals surface area contributed by atoms with E-state index in [0.29, 0.717) is 0 Å². The van der Waals surface area contributed by atoms with Gasteiger partial charge in [-0.2, -0.15) is 0 Å². The SMILES string of the molecule is CCC(C)(C(N)c1ccccc1Cl)N(C)C. The predicted octanol–water partition coefficient (Wildman–Crippen LogP) is 3.07. The highest BCUT2D eigenvalue weighted by atomic mass is 35.5. The van der Waals surface area contributed by atoms with Crippen LogP contribution in [0.4, 0.5) is 0 Å². The van der Waals surface area contributed by atoms with Crippen molar-refractivity contribution < 1.29 is 0 Å². The molecule has 2 N–H and O–H groups in total. The maximum absolute atomic E-state index is 6.36. The van der Waals surface area contributed by atoms with E-state index in [4.69, 9.17) is 17.3 Å². The first-order valence-corrected chi connectivity index (χ1v) is 5.98. The van der Waals surface area contributed by atoms with Gasteiger partial charge in [-0.05, 0) is 39.1 Å². The third kappa shape index (κ3) is 2.40. The average molecular weight is 241 g/mol. The lowest BCUT2D eigenvalue weighted by Crippen LogP contribution is -2.49. The Hall–Kier alpha value is -0.570. The highest BCUT2D eigenvalue weighted by Gasteiger charge is 2.33. The molecule has 2 nitrogen and oxygen atoms in total. The molecule has 0 radical (unpaired) electrons. The molecule has 0 bridgehead atoms. The summed E-state index contributed by atoms with van der Waals surface area (Å²) in [5.41, 5.74) is 7.30. The highest BCUT2D eigenvalue weighted by molar-refractivity contribution is 6.31. The number of benzene rings is 1. The zero-order valence-electron chi connectivity index (χ0n) is 10.5. The Morgan fingerprint density at radius 1 is 1.38 bits per heavy atom. The summed E-state index contributed by atoms with van der Waals surface area (Å²) in [6.07, 6.45) is 0.979. The van der Waals surface area contributed by atoms with E-state index in [-0.39, 0.29) is 11.6 Å². The van der Waals surface area contributed by atoms with Crippen LogP contribution in [0.15, 0.2) is 24.3 Å². The number of likely N-dealkylation sites (N-methyl/N-ethyl adjacent to an activating group) is 1. The molecule has 2 unspecified atom stereocenters. The van der Waals surface area contributed by atoms with Crippen molar-refractivity contribution >= 4 is 11.6 Å². The van der Waals surface area contributed by atoms with Crippen LogP contribution in [0.2, 0.25) is 5.02 Å². The van der Waals surface area contributed by atoms with Gasteiger partial charge in [0, 0.05) is 16.6 Å². The van der Waals surface area contributed by atoms with Gasteiger partial charge in [-0.25, -0.2) is 0 Å². The van der Waals surface area contributed by atoms with Crippen LogP contribution < -0.4 is 5.73 Å². The fourth-order valence-electron chi connectivity index (χ4n) is 1.88. The van der Waals surface area contributed by atoms with Crippen LogP contribution in [-0.4, -0.2) is 24.5 Å². The van der Waals surface area contributed by atoms with Gasteiger partial charge in [0.05, 0.1) is 0 Å². The van der Waals surface area contributed by atoms with Gasteiger partial charge in [-0.3, -0.25) is 0 Å². The molecule has 0 spiro atoms. The molecule has 0 saturated carbocycles. The maximum atomic E-state index is 6.36. The Bertz CT molecular complexity index is 352. The molecule has 0 aliphatic heterocycles. The monoisotopic (exact) mass is 240 g/mol. The molecule has 3 heteroatoms. The van der Waals surface area contributed by atoms with Crippen LogP contribution in [-0.2, 0) is 0 Å². The molecule has 0 saturated heterocycles. The van der Waals surface area contributed by atoms with Crippen molar-refractivity contribution in [2.75, 3.05) is 14.1 Å². The van der Waals surface area contributed by atoms with E-state index in [0.717, 1.165) is 17.0 Å². The smallest absolute Gasteiger partial charge is 0.0493 e. The summed E-state index contributed by atoms with van der Waals surface area (Å²) < 4.78 is 0. The van der Waals surface area contributed by atoms with Crippen molar-refractivity contribution in [2.45, 2.75) is 31.8 Å². The zero-order valence-corrected chi connectivity index (χ0v) is 11.3. The summed E-state index contributed by atoms with van der Waals surface area (Å²) in [7, 11) is 4.11. The average Bonchev–Trinajstić information content (AvgIpc) is 2.27. The molecule has 0 aromatic heterocycles. The molecule has 0 heterocycles. The van der Waals surface area contributed by atoms with Crippen molar-refractivity contribution in [1.82, 2.24) is 4.90 Å². The Kier molecular flexibility index (Phi) is 4.36. The molecule has 0 fully saturated rings. The van der Waals surface area contributed by atoms with Crippen LogP contribution in [0.5, 0.6) is 0 Å². The molecule has 16 heavy (non-hydrogen) atoms. The Balaban J connectivity index is 3.10. The number of nitrogens with two attached hydrogens (primary N) is 1. The van der Waals surface area contributed by atoms with E-state index in [1.165, 1.54) is 0 Å². The predicted molar refractivity (Wildman–Crippen MR) is 70.8 cm³/mol. The van der Waals surface area contributed by atoms with Crippen LogP contribution in [0, 0.1) is 0 Å². The van der Waals surface area contributed by atoms with Gasteiger partial charge in [0.15, 0.2) is 0 Å². The Labute approximate surface area is 103 Å². The van der Waals surface area contributed by atoms with Gasteiger partial charge >= 0.3 is 0 Å². The van der Waals surface area contributed by atoms with E-state index in [2.05, 4.69) is 32.8 Å². The first kappa shape index (κ1) is 13.5. The van der Waals surface area contributed by atoms with Gasteiger partial charge in [-0.1, -0.05) is 36.7 Å². The number of hydrogen-bond acceptors (Lipinski definition) is 2. The molecule has 0 aliphatic carbocycles. The van der Waals surface area contributed by atoms with Crippen molar-refractivity contribution in [3.63, 3.8) is 0 Å². The molecular weight excluding hydrogens is 220 g/mol. The van der Waals surface area contributed by atoms with Crippen molar-refractivity contribution in [3.8, 4) is 0 Å². The van der Waals surface area contributed by atoms with E-state index >= 15 is 0 Å². The minimum atomic E-state index is -0.0822. The third-order valence-electron chi connectivity index (χ3n) is 3.65. The molecule has 0 aliphatic rings. The number of rotatable bonds is 4. The summed E-state index contributed by atoms with van der Waals surface area (Å²) in [5, 5.41) is 0.747. The molecule has 1 aromatic carbocycles. The van der Waals surface area contributed by atoms with Crippen molar-refractivity contribution in [2.24, 2.45) is 5.73 Å². The van der Waals surface area contributed by atoms with Gasteiger partial charge in [-0.15, -0.1) is 0 Å². The summed E-state index contributed by atoms with van der Waals surface area (Å²) in [4.78, 5) is 2.17. The summed E-state index contributed by atoms with van der Waals surface area (Å²) in [6.45, 7) is 4.32. The standard InChI is InChI=1S/C13H21ClN2/c1-5-13(2,16(3)4)12(15)10-8-6-7-9-11(10)14/h6-9,12H,5,15H2,1-4H3. The minimum absolute atomic E-state index is 0.0784. The summed E-state index contributed by atoms with van der Waals surface area (Å²) in [5.74, 6) is 0. The largest absolute Gasteiger partial charge is 0.322 e. The summed E-state index contributed by atoms with van der Waals surface area (Å²) >= 11 is 6.19. The van der Waals surface area contributed by atoms with Crippen molar-refractivity contribution in [1.29, 1.82) is 0 Å². The first-order valence-electron chi connectivity index (χ1n) is 5.61. The van der Waals surface area contributed by atoms with E-state index < -0.39 is 0 Å². The molecule has 1 rings (SSSR count). The molecule has 0 amide bonds. The van der Waals surface area contributed by atoms with Crippen LogP contribution in [0.25, 0.3) is 0 Å². The minimum Gasteiger partial charge on any atom is -0.322 e. The second-order valence-electron chi connectivity index (χ2n) is 4.60. The van der Waals surface area contributed by atoms with E-state index in [1.807, 2.05) is 24.3 Å². The second-order valence-corrected chi connectivity index (χ2v) is 5.01. The van der Waals surface area contributed by atoms with Gasteiger partial charge in [0.25, 0.3) is 0 Å². The number of nitrogens with zero attached hydrogens (tertiary/aromatic N) is 1. The Morgan fingerprint density at radius 2 is 1.94 bits per heavy atom.